The molecule has 2 heteroatoms. The van der Waals surface area contributed by atoms with Crippen LogP contribution in [-0.2, 0) is 5.41 Å². The minimum atomic E-state index is -0.536. The molecule has 0 bridgehead atoms. The second kappa shape index (κ2) is 10.8. The van der Waals surface area contributed by atoms with Gasteiger partial charge in [-0.25, -0.2) is 0 Å². The van der Waals surface area contributed by atoms with Crippen LogP contribution >= 0.6 is 0 Å². The van der Waals surface area contributed by atoms with Gasteiger partial charge in [-0.1, -0.05) is 140 Å². The molecule has 52 heavy (non-hydrogen) atoms. The normalized spacial score (nSPS) is 13.1. The van der Waals surface area contributed by atoms with Crippen molar-refractivity contribution in [2.75, 3.05) is 4.90 Å². The minimum absolute atomic E-state index is 0.536. The zero-order valence-corrected chi connectivity index (χ0v) is 28.2. The lowest BCUT2D eigenvalue weighted by Gasteiger charge is -2.33. The summed E-state index contributed by atoms with van der Waals surface area (Å²) in [7, 11) is 0. The minimum Gasteiger partial charge on any atom is -0.310 e. The Morgan fingerprint density at radius 2 is 0.885 bits per heavy atom. The highest BCUT2D eigenvalue weighted by Gasteiger charge is 2.54. The number of nitrogens with zero attached hydrogens (tertiary/aromatic N) is 2. The highest BCUT2D eigenvalue weighted by atomic mass is 15.1. The summed E-state index contributed by atoms with van der Waals surface area (Å²) in [4.78, 5) is 2.36. The lowest BCUT2D eigenvalue weighted by molar-refractivity contribution is 0.809. The van der Waals surface area contributed by atoms with E-state index in [0.29, 0.717) is 5.56 Å². The van der Waals surface area contributed by atoms with Gasteiger partial charge in [0.25, 0.3) is 0 Å². The summed E-state index contributed by atoms with van der Waals surface area (Å²) in [5.41, 5.74) is 13.8. The number of fused-ring (bicyclic) bond motifs is 17. The molecule has 0 atom stereocenters. The van der Waals surface area contributed by atoms with Crippen molar-refractivity contribution in [3.63, 3.8) is 0 Å². The van der Waals surface area contributed by atoms with Crippen LogP contribution in [0.4, 0.5) is 17.1 Å². The van der Waals surface area contributed by atoms with Crippen LogP contribution in [0.1, 0.15) is 27.8 Å². The number of para-hydroxylation sites is 1. The quantitative estimate of drug-likeness (QED) is 0.177. The molecular weight excluding hydrogens is 629 g/mol. The van der Waals surface area contributed by atoms with Gasteiger partial charge in [0.15, 0.2) is 0 Å². The average Bonchev–Trinajstić information content (AvgIpc) is 3.69. The molecule has 0 unspecified atom stereocenters. The third-order valence-corrected chi connectivity index (χ3v) is 11.4. The zero-order valence-electron chi connectivity index (χ0n) is 28.2. The number of anilines is 3. The van der Waals surface area contributed by atoms with Crippen LogP contribution in [0, 0.1) is 11.3 Å². The van der Waals surface area contributed by atoms with Gasteiger partial charge in [-0.3, -0.25) is 0 Å². The maximum atomic E-state index is 9.68. The van der Waals surface area contributed by atoms with E-state index in [1.165, 1.54) is 76.8 Å². The topological polar surface area (TPSA) is 27.0 Å². The molecule has 240 valence electrons. The standard InChI is InChI=1S/C50H30N2/c51-31-32-26-28-34(29-27-32)52(33-14-2-1-3-15-33)46-30-43-47-40-21-7-4-16-35(40)36-17-5-8-22-41(36)49(47)50(48(43)42-23-9-6-20-39(42)46)44-24-12-10-18-37(44)38-19-11-13-25-45(38)50/h1-30H. The van der Waals surface area contributed by atoms with Gasteiger partial charge in [-0.05, 0) is 114 Å². The molecule has 0 saturated heterocycles. The van der Waals surface area contributed by atoms with Gasteiger partial charge in [-0.2, -0.15) is 5.26 Å². The van der Waals surface area contributed by atoms with Gasteiger partial charge in [0, 0.05) is 16.8 Å². The summed E-state index contributed by atoms with van der Waals surface area (Å²) in [5, 5.41) is 17.2. The predicted octanol–water partition coefficient (Wildman–Crippen LogP) is 12.8. The first-order valence-corrected chi connectivity index (χ1v) is 17.8. The Bertz CT molecular complexity index is 2920. The van der Waals surface area contributed by atoms with Crippen LogP contribution in [0.2, 0.25) is 0 Å². The first kappa shape index (κ1) is 28.8. The maximum absolute atomic E-state index is 9.68. The van der Waals surface area contributed by atoms with E-state index in [1.807, 2.05) is 12.1 Å². The largest absolute Gasteiger partial charge is 0.310 e. The van der Waals surface area contributed by atoms with Gasteiger partial charge in [0.1, 0.15) is 0 Å². The highest BCUT2D eigenvalue weighted by molar-refractivity contribution is 6.22. The first-order chi connectivity index (χ1) is 25.8. The van der Waals surface area contributed by atoms with Crippen LogP contribution in [0.5, 0.6) is 0 Å². The monoisotopic (exact) mass is 658 g/mol. The molecule has 9 aromatic carbocycles. The van der Waals surface area contributed by atoms with E-state index < -0.39 is 5.41 Å². The molecule has 2 aliphatic carbocycles. The molecule has 0 aliphatic heterocycles. The Morgan fingerprint density at radius 3 is 1.52 bits per heavy atom. The van der Waals surface area contributed by atoms with Crippen molar-refractivity contribution in [3.05, 3.63) is 210 Å². The fourth-order valence-corrected chi connectivity index (χ4v) is 9.54. The maximum Gasteiger partial charge on any atom is 0.0991 e. The van der Waals surface area contributed by atoms with Crippen molar-refractivity contribution in [2.45, 2.75) is 5.41 Å². The van der Waals surface area contributed by atoms with Crippen LogP contribution in [0.15, 0.2) is 182 Å². The van der Waals surface area contributed by atoms with Crippen molar-refractivity contribution >= 4 is 49.4 Å². The third-order valence-electron chi connectivity index (χ3n) is 11.4. The Balaban J connectivity index is 1.38. The van der Waals surface area contributed by atoms with Crippen LogP contribution in [0.25, 0.3) is 54.6 Å². The van der Waals surface area contributed by atoms with E-state index in [-0.39, 0.29) is 0 Å². The van der Waals surface area contributed by atoms with Gasteiger partial charge in [0.2, 0.25) is 0 Å². The Kier molecular flexibility index (Phi) is 5.98. The van der Waals surface area contributed by atoms with Crippen LogP contribution in [0.3, 0.4) is 0 Å². The van der Waals surface area contributed by atoms with E-state index in [0.717, 1.165) is 17.1 Å². The van der Waals surface area contributed by atoms with Crippen molar-refractivity contribution in [1.82, 2.24) is 0 Å². The SMILES string of the molecule is N#Cc1ccc(N(c2ccccc2)c2cc3c(c4ccccc24)C2(c4ccccc4-c4ccccc42)c2c-3c3ccccc3c3ccccc23)cc1. The molecule has 0 amide bonds. The Morgan fingerprint density at radius 1 is 0.404 bits per heavy atom. The smallest absolute Gasteiger partial charge is 0.0991 e. The predicted molar refractivity (Wildman–Crippen MR) is 215 cm³/mol. The molecule has 2 aliphatic rings. The van der Waals surface area contributed by atoms with Gasteiger partial charge >= 0.3 is 0 Å². The number of hydrogen-bond donors (Lipinski definition) is 0. The van der Waals surface area contributed by atoms with E-state index >= 15 is 0 Å². The Labute approximate surface area is 302 Å². The molecule has 0 heterocycles. The average molecular weight is 659 g/mol. The summed E-state index contributed by atoms with van der Waals surface area (Å²) in [5.74, 6) is 0. The summed E-state index contributed by atoms with van der Waals surface area (Å²) >= 11 is 0. The summed E-state index contributed by atoms with van der Waals surface area (Å²) < 4.78 is 0. The van der Waals surface area contributed by atoms with E-state index in [9.17, 15) is 5.26 Å². The van der Waals surface area contributed by atoms with Crippen molar-refractivity contribution in [2.24, 2.45) is 0 Å². The number of rotatable bonds is 3. The number of benzene rings is 9. The van der Waals surface area contributed by atoms with E-state index in [4.69, 9.17) is 0 Å². The molecule has 0 fully saturated rings. The molecule has 1 spiro atoms. The van der Waals surface area contributed by atoms with Crippen LogP contribution < -0.4 is 4.90 Å². The van der Waals surface area contributed by atoms with Crippen molar-refractivity contribution in [1.29, 1.82) is 5.26 Å². The molecule has 0 N–H and O–H groups in total. The fraction of sp³-hybridized carbons (Fsp3) is 0.0200. The molecule has 0 radical (unpaired) electrons. The lowest BCUT2D eigenvalue weighted by Crippen LogP contribution is -2.26. The molecule has 9 aromatic rings. The van der Waals surface area contributed by atoms with Crippen LogP contribution in [-0.4, -0.2) is 0 Å². The summed E-state index contributed by atoms with van der Waals surface area (Å²) in [6, 6.07) is 68.4. The molecule has 0 aromatic heterocycles. The third kappa shape index (κ3) is 3.67. The van der Waals surface area contributed by atoms with E-state index in [2.05, 4.69) is 181 Å². The highest BCUT2D eigenvalue weighted by Crippen LogP contribution is 2.67. The fourth-order valence-electron chi connectivity index (χ4n) is 9.54. The number of nitriles is 1. The molecule has 11 rings (SSSR count). The van der Waals surface area contributed by atoms with E-state index in [1.54, 1.807) is 0 Å². The van der Waals surface area contributed by atoms with Gasteiger partial charge in [-0.15, -0.1) is 0 Å². The molecule has 2 nitrogen and oxygen atoms in total. The first-order valence-electron chi connectivity index (χ1n) is 17.8. The van der Waals surface area contributed by atoms with Crippen molar-refractivity contribution < 1.29 is 0 Å². The summed E-state index contributed by atoms with van der Waals surface area (Å²) in [6.07, 6.45) is 0. The lowest BCUT2D eigenvalue weighted by atomic mass is 9.68. The zero-order chi connectivity index (χ0) is 34.4. The molecule has 0 saturated carbocycles. The second-order valence-corrected chi connectivity index (χ2v) is 13.9. The van der Waals surface area contributed by atoms with Gasteiger partial charge < -0.3 is 4.90 Å². The van der Waals surface area contributed by atoms with Gasteiger partial charge in [0.05, 0.1) is 22.7 Å². The second-order valence-electron chi connectivity index (χ2n) is 13.9. The number of hydrogen-bond acceptors (Lipinski definition) is 2. The van der Waals surface area contributed by atoms with Crippen molar-refractivity contribution in [3.8, 4) is 28.3 Å². The Hall–Kier alpha value is -6.95. The molecular formula is C50H30N2. The summed E-state index contributed by atoms with van der Waals surface area (Å²) in [6.45, 7) is 0.